The second kappa shape index (κ2) is 6.17. The van der Waals surface area contributed by atoms with Crippen molar-refractivity contribution in [3.63, 3.8) is 0 Å². The first kappa shape index (κ1) is 14.9. The van der Waals surface area contributed by atoms with Crippen LogP contribution in [0, 0.1) is 0 Å². The molecule has 1 aromatic rings. The van der Waals surface area contributed by atoms with Crippen LogP contribution in [0.15, 0.2) is 17.2 Å². The fourth-order valence-electron chi connectivity index (χ4n) is 1.32. The van der Waals surface area contributed by atoms with E-state index in [1.807, 2.05) is 0 Å². The maximum Gasteiger partial charge on any atom is 0.434 e. The third kappa shape index (κ3) is 4.57. The molecular formula is C11H12F3N3O2. The zero-order valence-corrected chi connectivity index (χ0v) is 10.0. The molecule has 0 aliphatic heterocycles. The van der Waals surface area contributed by atoms with Gasteiger partial charge in [0.15, 0.2) is 5.69 Å². The minimum absolute atomic E-state index is 0.233. The standard InChI is InChI=1S/C11H12F3N3O2/c1-7(18)15-5-3-2-4-8-9(11(12,13)14)16-6-17-10(8)19/h2,4,6H,3,5H2,1H3,(H,15,18)(H,16,17,19). The highest BCUT2D eigenvalue weighted by Gasteiger charge is 2.35. The smallest absolute Gasteiger partial charge is 0.356 e. The SMILES string of the molecule is CC(=O)NCCC=Cc1c(C(F)(F)F)nc[nH]c1=O. The molecule has 0 saturated carbocycles. The van der Waals surface area contributed by atoms with E-state index in [0.717, 1.165) is 6.08 Å². The summed E-state index contributed by atoms with van der Waals surface area (Å²) >= 11 is 0. The normalized spacial score (nSPS) is 11.8. The summed E-state index contributed by atoms with van der Waals surface area (Å²) in [5.74, 6) is -0.233. The molecule has 19 heavy (non-hydrogen) atoms. The number of carbonyl (C=O) groups is 1. The zero-order chi connectivity index (χ0) is 14.5. The number of halogens is 3. The van der Waals surface area contributed by atoms with Crippen molar-refractivity contribution in [2.75, 3.05) is 6.54 Å². The van der Waals surface area contributed by atoms with Crippen LogP contribution in [0.2, 0.25) is 0 Å². The van der Waals surface area contributed by atoms with Gasteiger partial charge in [0.05, 0.1) is 11.9 Å². The summed E-state index contributed by atoms with van der Waals surface area (Å²) < 4.78 is 37.8. The van der Waals surface area contributed by atoms with Crippen molar-refractivity contribution in [2.24, 2.45) is 0 Å². The van der Waals surface area contributed by atoms with E-state index >= 15 is 0 Å². The Labute approximate surface area is 106 Å². The fourth-order valence-corrected chi connectivity index (χ4v) is 1.32. The highest BCUT2D eigenvalue weighted by molar-refractivity contribution is 5.72. The number of hydrogen-bond donors (Lipinski definition) is 2. The van der Waals surface area contributed by atoms with Crippen LogP contribution in [-0.2, 0) is 11.0 Å². The summed E-state index contributed by atoms with van der Waals surface area (Å²) in [6, 6.07) is 0. The highest BCUT2D eigenvalue weighted by atomic mass is 19.4. The van der Waals surface area contributed by atoms with Gasteiger partial charge in [-0.15, -0.1) is 0 Å². The third-order valence-electron chi connectivity index (χ3n) is 2.13. The van der Waals surface area contributed by atoms with E-state index in [9.17, 15) is 22.8 Å². The van der Waals surface area contributed by atoms with Crippen LogP contribution in [-0.4, -0.2) is 22.4 Å². The van der Waals surface area contributed by atoms with Gasteiger partial charge in [0.1, 0.15) is 0 Å². The van der Waals surface area contributed by atoms with Crippen LogP contribution in [0.3, 0.4) is 0 Å². The average molecular weight is 275 g/mol. The lowest BCUT2D eigenvalue weighted by Crippen LogP contribution is -2.21. The molecule has 1 heterocycles. The van der Waals surface area contributed by atoms with E-state index in [0.29, 0.717) is 12.7 Å². The van der Waals surface area contributed by atoms with Crippen LogP contribution < -0.4 is 10.9 Å². The first-order valence-electron chi connectivity index (χ1n) is 5.38. The lowest BCUT2D eigenvalue weighted by Gasteiger charge is -2.07. The molecule has 0 atom stereocenters. The Balaban J connectivity index is 2.86. The number of nitrogens with one attached hydrogen (secondary N) is 2. The number of aromatic nitrogens is 2. The number of H-pyrrole nitrogens is 1. The van der Waals surface area contributed by atoms with E-state index in [1.165, 1.54) is 13.0 Å². The molecule has 0 radical (unpaired) electrons. The molecule has 1 rings (SSSR count). The van der Waals surface area contributed by atoms with Crippen LogP contribution >= 0.6 is 0 Å². The maximum atomic E-state index is 12.6. The van der Waals surface area contributed by atoms with Gasteiger partial charge in [-0.05, 0) is 6.42 Å². The Kier molecular flexibility index (Phi) is 4.85. The van der Waals surface area contributed by atoms with Crippen molar-refractivity contribution in [2.45, 2.75) is 19.5 Å². The summed E-state index contributed by atoms with van der Waals surface area (Å²) in [5, 5.41) is 2.48. The van der Waals surface area contributed by atoms with Crippen LogP contribution in [0.5, 0.6) is 0 Å². The number of nitrogens with zero attached hydrogens (tertiary/aromatic N) is 1. The fraction of sp³-hybridized carbons (Fsp3) is 0.364. The van der Waals surface area contributed by atoms with E-state index in [2.05, 4.69) is 15.3 Å². The number of rotatable bonds is 4. The molecule has 0 fully saturated rings. The predicted octanol–water partition coefficient (Wildman–Crippen LogP) is 1.33. The molecule has 0 aromatic carbocycles. The van der Waals surface area contributed by atoms with Crippen molar-refractivity contribution >= 4 is 12.0 Å². The van der Waals surface area contributed by atoms with Crippen molar-refractivity contribution in [1.29, 1.82) is 0 Å². The minimum Gasteiger partial charge on any atom is -0.356 e. The van der Waals surface area contributed by atoms with Gasteiger partial charge in [0, 0.05) is 13.5 Å². The van der Waals surface area contributed by atoms with Gasteiger partial charge in [-0.25, -0.2) is 4.98 Å². The molecule has 104 valence electrons. The number of aromatic amines is 1. The largest absolute Gasteiger partial charge is 0.434 e. The molecule has 0 saturated heterocycles. The van der Waals surface area contributed by atoms with Gasteiger partial charge in [-0.2, -0.15) is 13.2 Å². The van der Waals surface area contributed by atoms with E-state index < -0.39 is 23.0 Å². The summed E-state index contributed by atoms with van der Waals surface area (Å²) in [7, 11) is 0. The average Bonchev–Trinajstić information content (AvgIpc) is 2.28. The van der Waals surface area contributed by atoms with Crippen molar-refractivity contribution in [3.8, 4) is 0 Å². The quantitative estimate of drug-likeness (QED) is 0.814. The van der Waals surface area contributed by atoms with Crippen LogP contribution in [0.25, 0.3) is 6.08 Å². The Hall–Kier alpha value is -2.12. The lowest BCUT2D eigenvalue weighted by atomic mass is 10.2. The molecule has 5 nitrogen and oxygen atoms in total. The molecular weight excluding hydrogens is 263 g/mol. The summed E-state index contributed by atoms with van der Waals surface area (Å²) in [4.78, 5) is 27.1. The van der Waals surface area contributed by atoms with Gasteiger partial charge in [-0.3, -0.25) is 9.59 Å². The topological polar surface area (TPSA) is 74.8 Å². The van der Waals surface area contributed by atoms with E-state index in [-0.39, 0.29) is 12.5 Å². The van der Waals surface area contributed by atoms with Gasteiger partial charge in [-0.1, -0.05) is 12.2 Å². The molecule has 0 unspecified atom stereocenters. The predicted molar refractivity (Wildman–Crippen MR) is 62.2 cm³/mol. The molecule has 0 spiro atoms. The Morgan fingerprint density at radius 1 is 1.53 bits per heavy atom. The number of alkyl halides is 3. The van der Waals surface area contributed by atoms with Crippen LogP contribution in [0.1, 0.15) is 24.6 Å². The van der Waals surface area contributed by atoms with E-state index in [1.54, 1.807) is 0 Å². The molecule has 0 bridgehead atoms. The first-order chi connectivity index (χ1) is 8.82. The Bertz CT molecular complexity index is 535. The van der Waals surface area contributed by atoms with Gasteiger partial charge >= 0.3 is 6.18 Å². The molecule has 1 aromatic heterocycles. The number of carbonyl (C=O) groups excluding carboxylic acids is 1. The number of hydrogen-bond acceptors (Lipinski definition) is 3. The second-order valence-corrected chi connectivity index (χ2v) is 3.67. The van der Waals surface area contributed by atoms with Crippen molar-refractivity contribution in [3.05, 3.63) is 34.0 Å². The second-order valence-electron chi connectivity index (χ2n) is 3.67. The lowest BCUT2D eigenvalue weighted by molar-refractivity contribution is -0.141. The zero-order valence-electron chi connectivity index (χ0n) is 10.0. The molecule has 1 amide bonds. The van der Waals surface area contributed by atoms with Crippen LogP contribution in [0.4, 0.5) is 13.2 Å². The van der Waals surface area contributed by atoms with E-state index in [4.69, 9.17) is 0 Å². The van der Waals surface area contributed by atoms with Gasteiger partial charge < -0.3 is 10.3 Å². The summed E-state index contributed by atoms with van der Waals surface area (Å²) in [5.41, 5.74) is -2.64. The maximum absolute atomic E-state index is 12.6. The molecule has 8 heteroatoms. The minimum atomic E-state index is -4.69. The van der Waals surface area contributed by atoms with Gasteiger partial charge in [0.2, 0.25) is 5.91 Å². The first-order valence-corrected chi connectivity index (χ1v) is 5.38. The summed E-state index contributed by atoms with van der Waals surface area (Å²) in [6.07, 6.45) is -1.25. The molecule has 0 aliphatic rings. The highest BCUT2D eigenvalue weighted by Crippen LogP contribution is 2.29. The van der Waals surface area contributed by atoms with Crippen molar-refractivity contribution in [1.82, 2.24) is 15.3 Å². The Morgan fingerprint density at radius 2 is 2.21 bits per heavy atom. The number of amides is 1. The monoisotopic (exact) mass is 275 g/mol. The molecule has 0 aliphatic carbocycles. The molecule has 2 N–H and O–H groups in total. The van der Waals surface area contributed by atoms with Gasteiger partial charge in [0.25, 0.3) is 5.56 Å². The third-order valence-corrected chi connectivity index (χ3v) is 2.13. The van der Waals surface area contributed by atoms with Crippen molar-refractivity contribution < 1.29 is 18.0 Å². The summed E-state index contributed by atoms with van der Waals surface area (Å²) in [6.45, 7) is 1.61. The Morgan fingerprint density at radius 3 is 2.79 bits per heavy atom.